The molecule has 0 spiro atoms. The molecule has 5 heteroatoms. The molecule has 2 N–H and O–H groups in total. The van der Waals surface area contributed by atoms with Crippen LogP contribution in [0.25, 0.3) is 11.0 Å². The van der Waals surface area contributed by atoms with E-state index in [0.717, 1.165) is 5.39 Å². The lowest BCUT2D eigenvalue weighted by Crippen LogP contribution is -2.18. The molecule has 1 aromatic carbocycles. The molecule has 2 heterocycles. The Bertz CT molecular complexity index is 761. The monoisotopic (exact) mass is 301 g/mol. The molecule has 0 aliphatic heterocycles. The highest BCUT2D eigenvalue weighted by atomic mass is 32.1. The van der Waals surface area contributed by atoms with Crippen LogP contribution in [0.3, 0.4) is 0 Å². The molecule has 4 nitrogen and oxygen atoms in total. The summed E-state index contributed by atoms with van der Waals surface area (Å²) in [6.07, 6.45) is 0. The number of carboxylic acid groups (broad SMARTS) is 1. The lowest BCUT2D eigenvalue weighted by molar-refractivity contribution is 0.0663. The molecule has 0 unspecified atom stereocenters. The third-order valence-corrected chi connectivity index (χ3v) is 4.50. The topological polar surface area (TPSA) is 62.5 Å². The molecule has 0 radical (unpaired) electrons. The zero-order chi connectivity index (χ0) is 14.8. The van der Waals surface area contributed by atoms with Crippen LogP contribution in [0, 0.1) is 0 Å². The Kier molecular flexibility index (Phi) is 3.77. The van der Waals surface area contributed by atoms with Crippen LogP contribution in [-0.2, 0) is 6.54 Å². The molecule has 21 heavy (non-hydrogen) atoms. The van der Waals surface area contributed by atoms with E-state index in [2.05, 4.69) is 18.3 Å². The molecule has 3 aromatic rings. The number of fused-ring (bicyclic) bond motifs is 1. The van der Waals surface area contributed by atoms with Gasteiger partial charge in [0.1, 0.15) is 5.58 Å². The smallest absolute Gasteiger partial charge is 0.372 e. The molecule has 1 atom stereocenters. The number of hydrogen-bond donors (Lipinski definition) is 2. The van der Waals surface area contributed by atoms with Crippen LogP contribution in [-0.4, -0.2) is 11.1 Å². The van der Waals surface area contributed by atoms with Crippen LogP contribution in [0.5, 0.6) is 0 Å². The molecular weight excluding hydrogens is 286 g/mol. The van der Waals surface area contributed by atoms with Crippen LogP contribution >= 0.6 is 11.3 Å². The Morgan fingerprint density at radius 1 is 1.33 bits per heavy atom. The van der Waals surface area contributed by atoms with Gasteiger partial charge in [0.2, 0.25) is 5.76 Å². The highest BCUT2D eigenvalue weighted by Crippen LogP contribution is 2.27. The summed E-state index contributed by atoms with van der Waals surface area (Å²) in [6, 6.07) is 11.6. The van der Waals surface area contributed by atoms with Crippen LogP contribution < -0.4 is 5.32 Å². The van der Waals surface area contributed by atoms with Crippen molar-refractivity contribution in [2.24, 2.45) is 0 Å². The van der Waals surface area contributed by atoms with Crippen molar-refractivity contribution in [1.29, 1.82) is 0 Å². The van der Waals surface area contributed by atoms with E-state index in [9.17, 15) is 9.90 Å². The number of thiophene rings is 1. The van der Waals surface area contributed by atoms with Crippen LogP contribution in [0.15, 0.2) is 46.2 Å². The van der Waals surface area contributed by atoms with Gasteiger partial charge in [-0.15, -0.1) is 11.3 Å². The lowest BCUT2D eigenvalue weighted by atomic mass is 10.1. The number of furan rings is 1. The van der Waals surface area contributed by atoms with Gasteiger partial charge in [0.25, 0.3) is 0 Å². The summed E-state index contributed by atoms with van der Waals surface area (Å²) in [4.78, 5) is 12.6. The van der Waals surface area contributed by atoms with E-state index >= 15 is 0 Å². The first-order valence-electron chi connectivity index (χ1n) is 6.67. The second-order valence-corrected chi connectivity index (χ2v) is 5.81. The summed E-state index contributed by atoms with van der Waals surface area (Å²) < 4.78 is 5.45. The van der Waals surface area contributed by atoms with E-state index in [1.165, 1.54) is 4.88 Å². The lowest BCUT2D eigenvalue weighted by Gasteiger charge is -2.11. The predicted molar refractivity (Wildman–Crippen MR) is 82.7 cm³/mol. The fourth-order valence-electron chi connectivity index (χ4n) is 2.34. The van der Waals surface area contributed by atoms with Gasteiger partial charge in [-0.05, 0) is 24.4 Å². The Morgan fingerprint density at radius 3 is 2.86 bits per heavy atom. The Labute approximate surface area is 126 Å². The van der Waals surface area contributed by atoms with Crippen molar-refractivity contribution in [2.45, 2.75) is 19.5 Å². The Morgan fingerprint density at radius 2 is 2.14 bits per heavy atom. The molecule has 0 saturated carbocycles. The summed E-state index contributed by atoms with van der Waals surface area (Å²) in [7, 11) is 0. The molecule has 0 fully saturated rings. The standard InChI is InChI=1S/C16H15NO3S/c1-10(14-7-4-8-21-14)17-9-12-11-5-2-3-6-13(11)20-15(12)16(18)19/h2-8,10,17H,9H2,1H3,(H,18,19)/t10-/m0/s1. The Balaban J connectivity index is 1.89. The van der Waals surface area contributed by atoms with E-state index in [4.69, 9.17) is 4.42 Å². The number of hydrogen-bond acceptors (Lipinski definition) is 4. The van der Waals surface area contributed by atoms with Crippen LogP contribution in [0.4, 0.5) is 0 Å². The maximum absolute atomic E-state index is 11.3. The van der Waals surface area contributed by atoms with Crippen molar-refractivity contribution in [3.8, 4) is 0 Å². The van der Waals surface area contributed by atoms with Gasteiger partial charge in [-0.2, -0.15) is 0 Å². The van der Waals surface area contributed by atoms with E-state index in [0.29, 0.717) is 17.7 Å². The van der Waals surface area contributed by atoms with Gasteiger partial charge < -0.3 is 14.8 Å². The van der Waals surface area contributed by atoms with Gasteiger partial charge >= 0.3 is 5.97 Å². The van der Waals surface area contributed by atoms with Crippen molar-refractivity contribution < 1.29 is 14.3 Å². The summed E-state index contributed by atoms with van der Waals surface area (Å²) >= 11 is 1.68. The molecule has 0 amide bonds. The van der Waals surface area contributed by atoms with Crippen LogP contribution in [0.1, 0.15) is 34.0 Å². The van der Waals surface area contributed by atoms with Crippen molar-refractivity contribution in [3.05, 3.63) is 58.0 Å². The molecule has 0 aliphatic rings. The third kappa shape index (κ3) is 2.70. The van der Waals surface area contributed by atoms with Gasteiger partial charge in [-0.25, -0.2) is 4.79 Å². The fourth-order valence-corrected chi connectivity index (χ4v) is 3.10. The average molecular weight is 301 g/mol. The van der Waals surface area contributed by atoms with Gasteiger partial charge in [0.05, 0.1) is 0 Å². The van der Waals surface area contributed by atoms with Gasteiger partial charge in [0, 0.05) is 28.4 Å². The van der Waals surface area contributed by atoms with E-state index in [1.807, 2.05) is 29.6 Å². The zero-order valence-electron chi connectivity index (χ0n) is 11.5. The second-order valence-electron chi connectivity index (χ2n) is 4.83. The molecule has 3 rings (SSSR count). The summed E-state index contributed by atoms with van der Waals surface area (Å²) in [5, 5.41) is 15.5. The van der Waals surface area contributed by atoms with Crippen LogP contribution in [0.2, 0.25) is 0 Å². The van der Waals surface area contributed by atoms with Crippen molar-refractivity contribution >= 4 is 28.3 Å². The maximum atomic E-state index is 11.3. The number of carbonyl (C=O) groups is 1. The van der Waals surface area contributed by atoms with Crippen molar-refractivity contribution in [2.75, 3.05) is 0 Å². The normalized spacial score (nSPS) is 12.6. The molecule has 0 saturated heterocycles. The first-order valence-corrected chi connectivity index (χ1v) is 7.55. The fraction of sp³-hybridized carbons (Fsp3) is 0.188. The number of para-hydroxylation sites is 1. The SMILES string of the molecule is C[C@H](NCc1c(C(=O)O)oc2ccccc12)c1cccs1. The predicted octanol–water partition coefficient (Wildman–Crippen LogP) is 4.04. The minimum atomic E-state index is -1.04. The minimum Gasteiger partial charge on any atom is -0.475 e. The largest absolute Gasteiger partial charge is 0.475 e. The minimum absolute atomic E-state index is 0.0158. The van der Waals surface area contributed by atoms with E-state index in [1.54, 1.807) is 17.4 Å². The summed E-state index contributed by atoms with van der Waals surface area (Å²) in [5.41, 5.74) is 1.30. The van der Waals surface area contributed by atoms with Gasteiger partial charge in [0.15, 0.2) is 0 Å². The van der Waals surface area contributed by atoms with Gasteiger partial charge in [-0.1, -0.05) is 24.3 Å². The summed E-state index contributed by atoms with van der Waals surface area (Å²) in [5.74, 6) is -1.02. The number of benzene rings is 1. The van der Waals surface area contributed by atoms with Crippen molar-refractivity contribution in [1.82, 2.24) is 5.32 Å². The molecule has 2 aromatic heterocycles. The quantitative estimate of drug-likeness (QED) is 0.746. The highest BCUT2D eigenvalue weighted by Gasteiger charge is 2.20. The maximum Gasteiger partial charge on any atom is 0.372 e. The highest BCUT2D eigenvalue weighted by molar-refractivity contribution is 7.10. The molecule has 0 bridgehead atoms. The number of carboxylic acids is 1. The van der Waals surface area contributed by atoms with E-state index in [-0.39, 0.29) is 11.8 Å². The van der Waals surface area contributed by atoms with E-state index < -0.39 is 5.97 Å². The molecular formula is C16H15NO3S. The number of nitrogens with one attached hydrogen (secondary N) is 1. The third-order valence-electron chi connectivity index (χ3n) is 3.45. The van der Waals surface area contributed by atoms with Crippen molar-refractivity contribution in [3.63, 3.8) is 0 Å². The second kappa shape index (κ2) is 5.71. The first-order chi connectivity index (χ1) is 10.2. The van der Waals surface area contributed by atoms with Gasteiger partial charge in [-0.3, -0.25) is 0 Å². The number of aromatic carboxylic acids is 1. The summed E-state index contributed by atoms with van der Waals surface area (Å²) in [6.45, 7) is 2.52. The molecule has 0 aliphatic carbocycles. The average Bonchev–Trinajstić information content (AvgIpc) is 3.12. The molecule has 108 valence electrons. The first kappa shape index (κ1) is 13.9. The number of rotatable bonds is 5. The zero-order valence-corrected chi connectivity index (χ0v) is 12.3. The Hall–Kier alpha value is -2.11.